The van der Waals surface area contributed by atoms with Crippen molar-refractivity contribution in [3.05, 3.63) is 54.2 Å². The molecule has 2 aromatic rings. The first-order valence-electron chi connectivity index (χ1n) is 6.18. The number of amides is 1. The normalized spacial score (nSPS) is 11.2. The fourth-order valence-corrected chi connectivity index (χ4v) is 1.65. The van der Waals surface area contributed by atoms with E-state index in [9.17, 15) is 4.79 Å². The van der Waals surface area contributed by atoms with Gasteiger partial charge in [-0.3, -0.25) is 4.79 Å². The Labute approximate surface area is 117 Å². The number of nitrogens with one attached hydrogen (secondary N) is 2. The third kappa shape index (κ3) is 3.33. The standard InChI is InChI=1S/C15H14N4O/c1-11(15(20)19-13-7-3-2-4-8-13)18-14-12(10-16)6-5-9-17-14/h2-9,11H,1H3,(H,17,18)(H,19,20). The maximum Gasteiger partial charge on any atom is 0.246 e. The summed E-state index contributed by atoms with van der Waals surface area (Å²) in [5.74, 6) is 0.219. The molecule has 100 valence electrons. The Balaban J connectivity index is 2.03. The maximum atomic E-state index is 12.0. The van der Waals surface area contributed by atoms with E-state index in [2.05, 4.69) is 15.6 Å². The van der Waals surface area contributed by atoms with Gasteiger partial charge in [-0.2, -0.15) is 5.26 Å². The first-order valence-corrected chi connectivity index (χ1v) is 6.18. The molecule has 0 saturated carbocycles. The quantitative estimate of drug-likeness (QED) is 0.890. The predicted molar refractivity (Wildman–Crippen MR) is 77.1 cm³/mol. The monoisotopic (exact) mass is 266 g/mol. The summed E-state index contributed by atoms with van der Waals surface area (Å²) in [4.78, 5) is 16.1. The van der Waals surface area contributed by atoms with Crippen LogP contribution in [0.2, 0.25) is 0 Å². The number of benzene rings is 1. The van der Waals surface area contributed by atoms with Crippen LogP contribution in [0.25, 0.3) is 0 Å². The van der Waals surface area contributed by atoms with Crippen molar-refractivity contribution >= 4 is 17.4 Å². The molecule has 0 saturated heterocycles. The van der Waals surface area contributed by atoms with Gasteiger partial charge in [-0.15, -0.1) is 0 Å². The highest BCUT2D eigenvalue weighted by atomic mass is 16.2. The molecule has 1 amide bonds. The molecule has 0 aliphatic heterocycles. The summed E-state index contributed by atoms with van der Waals surface area (Å²) in [6.45, 7) is 1.72. The zero-order chi connectivity index (χ0) is 14.4. The second kappa shape index (κ2) is 6.34. The molecular weight excluding hydrogens is 252 g/mol. The zero-order valence-corrected chi connectivity index (χ0v) is 11.0. The number of rotatable bonds is 4. The Bertz CT molecular complexity index is 634. The molecule has 1 aromatic heterocycles. The summed E-state index contributed by atoms with van der Waals surface area (Å²) in [5, 5.41) is 14.7. The third-order valence-electron chi connectivity index (χ3n) is 2.72. The van der Waals surface area contributed by atoms with Crippen LogP contribution in [0.5, 0.6) is 0 Å². The lowest BCUT2D eigenvalue weighted by molar-refractivity contribution is -0.116. The van der Waals surface area contributed by atoms with Gasteiger partial charge in [0.15, 0.2) is 0 Å². The maximum absolute atomic E-state index is 12.0. The molecule has 1 heterocycles. The van der Waals surface area contributed by atoms with E-state index < -0.39 is 6.04 Å². The van der Waals surface area contributed by atoms with E-state index >= 15 is 0 Å². The smallest absolute Gasteiger partial charge is 0.246 e. The molecule has 20 heavy (non-hydrogen) atoms. The fourth-order valence-electron chi connectivity index (χ4n) is 1.65. The Morgan fingerprint density at radius 1 is 1.25 bits per heavy atom. The summed E-state index contributed by atoms with van der Waals surface area (Å²) in [7, 11) is 0. The van der Waals surface area contributed by atoms with E-state index in [0.29, 0.717) is 11.4 Å². The van der Waals surface area contributed by atoms with E-state index in [1.54, 1.807) is 25.3 Å². The molecule has 0 radical (unpaired) electrons. The number of hydrogen-bond donors (Lipinski definition) is 2. The largest absolute Gasteiger partial charge is 0.358 e. The first-order chi connectivity index (χ1) is 9.70. The van der Waals surface area contributed by atoms with Crippen LogP contribution < -0.4 is 10.6 Å². The lowest BCUT2D eigenvalue weighted by atomic mass is 10.2. The van der Waals surface area contributed by atoms with Gasteiger partial charge < -0.3 is 10.6 Å². The number of pyridine rings is 1. The number of hydrogen-bond acceptors (Lipinski definition) is 4. The Kier molecular flexibility index (Phi) is 4.30. The van der Waals surface area contributed by atoms with Crippen molar-refractivity contribution in [2.24, 2.45) is 0 Å². The van der Waals surface area contributed by atoms with Gasteiger partial charge in [-0.05, 0) is 31.2 Å². The molecule has 0 aliphatic rings. The summed E-state index contributed by atoms with van der Waals surface area (Å²) in [6, 6.07) is 14.1. The zero-order valence-electron chi connectivity index (χ0n) is 11.0. The van der Waals surface area contributed by atoms with E-state index in [-0.39, 0.29) is 5.91 Å². The highest BCUT2D eigenvalue weighted by Crippen LogP contribution is 2.12. The molecule has 0 spiro atoms. The van der Waals surface area contributed by atoms with Crippen LogP contribution in [0.3, 0.4) is 0 Å². The van der Waals surface area contributed by atoms with Crippen LogP contribution in [-0.2, 0) is 4.79 Å². The Morgan fingerprint density at radius 3 is 2.70 bits per heavy atom. The molecule has 0 bridgehead atoms. The van der Waals surface area contributed by atoms with Crippen LogP contribution in [0.15, 0.2) is 48.7 Å². The number of nitriles is 1. The van der Waals surface area contributed by atoms with Crippen LogP contribution in [0, 0.1) is 11.3 Å². The minimum absolute atomic E-state index is 0.189. The van der Waals surface area contributed by atoms with Crippen LogP contribution in [0.1, 0.15) is 12.5 Å². The van der Waals surface area contributed by atoms with Crippen molar-refractivity contribution in [2.75, 3.05) is 10.6 Å². The van der Waals surface area contributed by atoms with Crippen LogP contribution in [0.4, 0.5) is 11.5 Å². The lowest BCUT2D eigenvalue weighted by Gasteiger charge is -2.15. The van der Waals surface area contributed by atoms with Crippen LogP contribution >= 0.6 is 0 Å². The van der Waals surface area contributed by atoms with Crippen molar-refractivity contribution < 1.29 is 4.79 Å². The topological polar surface area (TPSA) is 77.8 Å². The molecule has 1 aromatic carbocycles. The number of aromatic nitrogens is 1. The van der Waals surface area contributed by atoms with Crippen molar-refractivity contribution in [1.29, 1.82) is 5.26 Å². The van der Waals surface area contributed by atoms with E-state index in [1.807, 2.05) is 36.4 Å². The number of carbonyl (C=O) groups is 1. The minimum Gasteiger partial charge on any atom is -0.358 e. The molecule has 1 atom stereocenters. The minimum atomic E-state index is -0.503. The SMILES string of the molecule is CC(Nc1ncccc1C#N)C(=O)Nc1ccccc1. The average molecular weight is 266 g/mol. The van der Waals surface area contributed by atoms with E-state index in [0.717, 1.165) is 5.69 Å². The summed E-state index contributed by atoms with van der Waals surface area (Å²) in [6.07, 6.45) is 1.57. The lowest BCUT2D eigenvalue weighted by Crippen LogP contribution is -2.32. The molecule has 0 aliphatic carbocycles. The van der Waals surface area contributed by atoms with Crippen LogP contribution in [-0.4, -0.2) is 16.9 Å². The molecule has 1 unspecified atom stereocenters. The molecule has 5 heteroatoms. The van der Waals surface area contributed by atoms with Crippen molar-refractivity contribution in [2.45, 2.75) is 13.0 Å². The summed E-state index contributed by atoms with van der Waals surface area (Å²) < 4.78 is 0. The summed E-state index contributed by atoms with van der Waals surface area (Å²) in [5.41, 5.74) is 1.14. The van der Waals surface area contributed by atoms with Crippen molar-refractivity contribution in [1.82, 2.24) is 4.98 Å². The Hall–Kier alpha value is -2.87. The predicted octanol–water partition coefficient (Wildman–Crippen LogP) is 2.39. The summed E-state index contributed by atoms with van der Waals surface area (Å²) >= 11 is 0. The van der Waals surface area contributed by atoms with Gasteiger partial charge >= 0.3 is 0 Å². The fraction of sp³-hybridized carbons (Fsp3) is 0.133. The molecule has 0 fully saturated rings. The van der Waals surface area contributed by atoms with Gasteiger partial charge in [-0.25, -0.2) is 4.98 Å². The Morgan fingerprint density at radius 2 is 2.00 bits per heavy atom. The number of carbonyl (C=O) groups excluding carboxylic acids is 1. The highest BCUT2D eigenvalue weighted by molar-refractivity contribution is 5.96. The molecule has 2 N–H and O–H groups in total. The highest BCUT2D eigenvalue weighted by Gasteiger charge is 2.14. The second-order valence-electron chi connectivity index (χ2n) is 4.23. The number of nitrogens with zero attached hydrogens (tertiary/aromatic N) is 2. The van der Waals surface area contributed by atoms with E-state index in [4.69, 9.17) is 5.26 Å². The first kappa shape index (κ1) is 13.6. The average Bonchev–Trinajstić information content (AvgIpc) is 2.48. The number of anilines is 2. The number of para-hydroxylation sites is 1. The van der Waals surface area contributed by atoms with Gasteiger partial charge in [0.1, 0.15) is 17.9 Å². The molecule has 2 rings (SSSR count). The van der Waals surface area contributed by atoms with Crippen molar-refractivity contribution in [3.8, 4) is 6.07 Å². The van der Waals surface area contributed by atoms with Gasteiger partial charge in [0.05, 0.1) is 5.56 Å². The van der Waals surface area contributed by atoms with Gasteiger partial charge in [0.25, 0.3) is 0 Å². The van der Waals surface area contributed by atoms with Gasteiger partial charge in [0, 0.05) is 11.9 Å². The molecule has 5 nitrogen and oxygen atoms in total. The van der Waals surface area contributed by atoms with Crippen molar-refractivity contribution in [3.63, 3.8) is 0 Å². The van der Waals surface area contributed by atoms with Gasteiger partial charge in [0.2, 0.25) is 5.91 Å². The van der Waals surface area contributed by atoms with E-state index in [1.165, 1.54) is 0 Å². The second-order valence-corrected chi connectivity index (χ2v) is 4.23. The third-order valence-corrected chi connectivity index (χ3v) is 2.72. The van der Waals surface area contributed by atoms with Gasteiger partial charge in [-0.1, -0.05) is 18.2 Å². The molecular formula is C15H14N4O.